The van der Waals surface area contributed by atoms with Gasteiger partial charge in [-0.25, -0.2) is 17.2 Å². The van der Waals surface area contributed by atoms with Gasteiger partial charge in [0.05, 0.1) is 11.0 Å². The molecule has 2 aromatic carbocycles. The molecule has 0 saturated carbocycles. The summed E-state index contributed by atoms with van der Waals surface area (Å²) < 4.78 is 50.8. The molecule has 24 heavy (non-hydrogen) atoms. The fourth-order valence-corrected chi connectivity index (χ4v) is 2.94. The Labute approximate surface area is 139 Å². The number of carbonyl (C=O) groups is 1. The Bertz CT molecular complexity index is 826. The number of hydrogen-bond acceptors (Lipinski definition) is 3. The highest BCUT2D eigenvalue weighted by atomic mass is 32.2. The molecule has 1 amide bonds. The number of sulfone groups is 1. The molecule has 0 aromatic heterocycles. The summed E-state index contributed by atoms with van der Waals surface area (Å²) in [5.41, 5.74) is 0.189. The quantitative estimate of drug-likeness (QED) is 0.894. The van der Waals surface area contributed by atoms with Crippen molar-refractivity contribution >= 4 is 21.4 Å². The van der Waals surface area contributed by atoms with Gasteiger partial charge in [0.25, 0.3) is 5.91 Å². The normalized spacial score (nSPS) is 11.5. The SMILES string of the molecule is CC(C)S(=O)(=O)Cc1ccc(C(=O)Nc2c(F)cccc2F)cc1. The molecule has 0 aliphatic carbocycles. The van der Waals surface area contributed by atoms with Gasteiger partial charge in [-0.2, -0.15) is 0 Å². The fourth-order valence-electron chi connectivity index (χ4n) is 1.95. The van der Waals surface area contributed by atoms with Crippen LogP contribution in [0.2, 0.25) is 0 Å². The van der Waals surface area contributed by atoms with Gasteiger partial charge >= 0.3 is 0 Å². The van der Waals surface area contributed by atoms with Gasteiger partial charge in [0.15, 0.2) is 9.84 Å². The summed E-state index contributed by atoms with van der Waals surface area (Å²) in [5.74, 6) is -2.56. The summed E-state index contributed by atoms with van der Waals surface area (Å²) in [4.78, 5) is 12.1. The summed E-state index contributed by atoms with van der Waals surface area (Å²) in [6, 6.07) is 9.12. The zero-order valence-corrected chi connectivity index (χ0v) is 14.0. The maximum absolute atomic E-state index is 13.5. The third-order valence-corrected chi connectivity index (χ3v) is 5.68. The van der Waals surface area contributed by atoms with Crippen molar-refractivity contribution in [1.82, 2.24) is 0 Å². The molecule has 4 nitrogen and oxygen atoms in total. The van der Waals surface area contributed by atoms with Gasteiger partial charge in [0.1, 0.15) is 17.3 Å². The molecule has 0 bridgehead atoms. The van der Waals surface area contributed by atoms with Crippen LogP contribution in [0.1, 0.15) is 29.8 Å². The Morgan fingerprint density at radius 1 is 1.04 bits per heavy atom. The minimum absolute atomic E-state index is 0.130. The second kappa shape index (κ2) is 7.09. The summed E-state index contributed by atoms with van der Waals surface area (Å²) >= 11 is 0. The molecule has 128 valence electrons. The maximum Gasteiger partial charge on any atom is 0.255 e. The van der Waals surface area contributed by atoms with E-state index in [1.54, 1.807) is 13.8 Å². The summed E-state index contributed by atoms with van der Waals surface area (Å²) in [7, 11) is -3.24. The van der Waals surface area contributed by atoms with Crippen molar-refractivity contribution < 1.29 is 22.0 Å². The number of halogens is 2. The summed E-state index contributed by atoms with van der Waals surface area (Å²) in [5, 5.41) is 1.68. The third-order valence-electron chi connectivity index (χ3n) is 3.50. The van der Waals surface area contributed by atoms with E-state index in [-0.39, 0.29) is 11.3 Å². The molecular weight excluding hydrogens is 336 g/mol. The molecule has 1 N–H and O–H groups in total. The molecule has 0 spiro atoms. The molecule has 7 heteroatoms. The monoisotopic (exact) mass is 353 g/mol. The summed E-state index contributed by atoms with van der Waals surface area (Å²) in [6.45, 7) is 3.19. The van der Waals surface area contributed by atoms with Crippen molar-refractivity contribution in [2.24, 2.45) is 0 Å². The molecule has 0 heterocycles. The van der Waals surface area contributed by atoms with E-state index >= 15 is 0 Å². The minimum atomic E-state index is -3.24. The first kappa shape index (κ1) is 18.1. The second-order valence-electron chi connectivity index (χ2n) is 5.60. The van der Waals surface area contributed by atoms with E-state index in [0.717, 1.165) is 12.1 Å². The van der Waals surface area contributed by atoms with Gasteiger partial charge in [0.2, 0.25) is 0 Å². The molecule has 2 rings (SSSR count). The van der Waals surface area contributed by atoms with Crippen LogP contribution in [0.15, 0.2) is 42.5 Å². The average molecular weight is 353 g/mol. The third kappa shape index (κ3) is 4.17. The fraction of sp³-hybridized carbons (Fsp3) is 0.235. The van der Waals surface area contributed by atoms with Gasteiger partial charge in [0, 0.05) is 5.56 Å². The molecule has 0 aliphatic heterocycles. The first-order chi connectivity index (χ1) is 11.2. The van der Waals surface area contributed by atoms with Crippen molar-refractivity contribution in [3.63, 3.8) is 0 Å². The number of carbonyl (C=O) groups excluding carboxylic acids is 1. The molecule has 0 unspecified atom stereocenters. The molecular formula is C17H17F2NO3S. The molecule has 0 atom stereocenters. The highest BCUT2D eigenvalue weighted by Gasteiger charge is 2.17. The van der Waals surface area contributed by atoms with Crippen LogP contribution in [0.5, 0.6) is 0 Å². The van der Waals surface area contributed by atoms with Crippen LogP contribution in [-0.2, 0) is 15.6 Å². The summed E-state index contributed by atoms with van der Waals surface area (Å²) in [6.07, 6.45) is 0. The lowest BCUT2D eigenvalue weighted by Crippen LogP contribution is -2.16. The van der Waals surface area contributed by atoms with Crippen LogP contribution >= 0.6 is 0 Å². The Hall–Kier alpha value is -2.28. The second-order valence-corrected chi connectivity index (χ2v) is 8.16. The number of hydrogen-bond donors (Lipinski definition) is 1. The van der Waals surface area contributed by atoms with Gasteiger partial charge in [-0.05, 0) is 43.7 Å². The lowest BCUT2D eigenvalue weighted by molar-refractivity contribution is 0.102. The highest BCUT2D eigenvalue weighted by Crippen LogP contribution is 2.19. The Morgan fingerprint density at radius 3 is 2.08 bits per heavy atom. The van der Waals surface area contributed by atoms with Crippen LogP contribution in [0.25, 0.3) is 0 Å². The topological polar surface area (TPSA) is 63.2 Å². The lowest BCUT2D eigenvalue weighted by Gasteiger charge is -2.09. The van der Waals surface area contributed by atoms with Crippen LogP contribution in [0, 0.1) is 11.6 Å². The molecule has 0 fully saturated rings. The predicted octanol–water partition coefficient (Wildman–Crippen LogP) is 3.54. The van der Waals surface area contributed by atoms with E-state index in [2.05, 4.69) is 5.32 Å². The average Bonchev–Trinajstić information content (AvgIpc) is 2.51. The van der Waals surface area contributed by atoms with E-state index in [0.29, 0.717) is 5.56 Å². The maximum atomic E-state index is 13.5. The van der Waals surface area contributed by atoms with Crippen LogP contribution < -0.4 is 5.32 Å². The van der Waals surface area contributed by atoms with E-state index in [1.165, 1.54) is 30.3 Å². The van der Waals surface area contributed by atoms with Crippen LogP contribution in [0.3, 0.4) is 0 Å². The molecule has 0 radical (unpaired) electrons. The zero-order valence-electron chi connectivity index (χ0n) is 13.2. The van der Waals surface area contributed by atoms with Crippen molar-refractivity contribution in [3.8, 4) is 0 Å². The van der Waals surface area contributed by atoms with Crippen molar-refractivity contribution in [3.05, 3.63) is 65.2 Å². The van der Waals surface area contributed by atoms with Crippen LogP contribution in [-0.4, -0.2) is 19.6 Å². The number of para-hydroxylation sites is 1. The van der Waals surface area contributed by atoms with E-state index < -0.39 is 38.3 Å². The number of nitrogens with one attached hydrogen (secondary N) is 1. The molecule has 0 saturated heterocycles. The molecule has 2 aromatic rings. The highest BCUT2D eigenvalue weighted by molar-refractivity contribution is 7.91. The van der Waals surface area contributed by atoms with E-state index in [9.17, 15) is 22.0 Å². The number of rotatable bonds is 5. The van der Waals surface area contributed by atoms with Gasteiger partial charge in [-0.3, -0.25) is 4.79 Å². The zero-order chi connectivity index (χ0) is 17.9. The predicted molar refractivity (Wildman–Crippen MR) is 88.5 cm³/mol. The first-order valence-corrected chi connectivity index (χ1v) is 8.98. The Kier molecular flexibility index (Phi) is 5.33. The van der Waals surface area contributed by atoms with Crippen molar-refractivity contribution in [2.45, 2.75) is 24.9 Å². The van der Waals surface area contributed by atoms with Crippen molar-refractivity contribution in [1.29, 1.82) is 0 Å². The lowest BCUT2D eigenvalue weighted by atomic mass is 10.1. The standard InChI is InChI=1S/C17H17F2NO3S/c1-11(2)24(22,23)10-12-6-8-13(9-7-12)17(21)20-16-14(18)4-3-5-15(16)19/h3-9,11H,10H2,1-2H3,(H,20,21). The number of amides is 1. The van der Waals surface area contributed by atoms with E-state index in [4.69, 9.17) is 0 Å². The number of anilines is 1. The van der Waals surface area contributed by atoms with Gasteiger partial charge in [-0.1, -0.05) is 18.2 Å². The van der Waals surface area contributed by atoms with Crippen molar-refractivity contribution in [2.75, 3.05) is 5.32 Å². The van der Waals surface area contributed by atoms with Crippen LogP contribution in [0.4, 0.5) is 14.5 Å². The minimum Gasteiger partial charge on any atom is -0.317 e. The van der Waals surface area contributed by atoms with E-state index in [1.807, 2.05) is 0 Å². The number of benzene rings is 2. The van der Waals surface area contributed by atoms with Gasteiger partial charge < -0.3 is 5.32 Å². The first-order valence-electron chi connectivity index (χ1n) is 7.26. The van der Waals surface area contributed by atoms with Gasteiger partial charge in [-0.15, -0.1) is 0 Å². The smallest absolute Gasteiger partial charge is 0.255 e. The molecule has 0 aliphatic rings. The Balaban J connectivity index is 2.15. The Morgan fingerprint density at radius 2 is 1.58 bits per heavy atom. The largest absolute Gasteiger partial charge is 0.317 e.